The zero-order chi connectivity index (χ0) is 45.0. The number of hydrogen-bond donors (Lipinski definition) is 0. The van der Waals surface area contributed by atoms with E-state index in [4.69, 9.17) is 0 Å². The first kappa shape index (κ1) is 39.8. The highest BCUT2D eigenvalue weighted by molar-refractivity contribution is 7.25. The molecule has 0 unspecified atom stereocenters. The van der Waals surface area contributed by atoms with Crippen molar-refractivity contribution in [2.24, 2.45) is 0 Å². The quantitative estimate of drug-likeness (QED) is 0.137. The molecule has 1 aromatic heterocycles. The van der Waals surface area contributed by atoms with E-state index in [1.54, 1.807) is 0 Å². The zero-order valence-corrected chi connectivity index (χ0v) is 38.0. The van der Waals surface area contributed by atoms with Crippen molar-refractivity contribution in [3.63, 3.8) is 0 Å². The first-order valence-corrected chi connectivity index (χ1v) is 24.1. The van der Waals surface area contributed by atoms with Gasteiger partial charge in [0.2, 0.25) is 0 Å². The normalized spacial score (nSPS) is 11.5. The molecule has 0 aliphatic rings. The summed E-state index contributed by atoms with van der Waals surface area (Å²) in [7, 11) is 0. The molecule has 0 radical (unpaired) electrons. The molecule has 1 heterocycles. The van der Waals surface area contributed by atoms with Crippen LogP contribution in [0.5, 0.6) is 0 Å². The van der Waals surface area contributed by atoms with Crippen LogP contribution >= 0.6 is 11.3 Å². The van der Waals surface area contributed by atoms with Crippen LogP contribution in [0.2, 0.25) is 0 Å². The maximum Gasteiger partial charge on any atom is 0.0468 e. The van der Waals surface area contributed by atoms with E-state index in [2.05, 4.69) is 266 Å². The summed E-state index contributed by atoms with van der Waals surface area (Å²) in [6, 6.07) is 95.7. The lowest BCUT2D eigenvalue weighted by atomic mass is 9.84. The van der Waals surface area contributed by atoms with Crippen LogP contribution < -0.4 is 4.90 Å². The van der Waals surface area contributed by atoms with Gasteiger partial charge in [0.15, 0.2) is 0 Å². The standard InChI is InChI=1S/C66H43NS/c1-3-15-49(16-4-1)65-60-23-10-9-21-57(60)58-40-34-51(42-62(58)66(65)50-17-5-2-6-18-50)46-32-37-53(38-33-46)67(54-39-41-64-61(43-54)59-22-11-12-25-63(59)68-64)52-35-30-45(31-36-52)44-26-28-48(29-27-44)56-24-13-19-47-14-7-8-20-55(47)56/h1-43H. The van der Waals surface area contributed by atoms with Crippen molar-refractivity contribution in [2.45, 2.75) is 0 Å². The third-order valence-corrected chi connectivity index (χ3v) is 14.8. The van der Waals surface area contributed by atoms with Gasteiger partial charge in [-0.2, -0.15) is 0 Å². The molecule has 0 aliphatic heterocycles. The number of thiophene rings is 1. The summed E-state index contributed by atoms with van der Waals surface area (Å²) in [6.45, 7) is 0. The SMILES string of the molecule is c1ccc(-c2c(-c3ccccc3)c3cc(-c4ccc(N(c5ccc(-c6ccc(-c7cccc8ccccc78)cc6)cc5)c5ccc6sc7ccccc7c6c5)cc4)ccc3c3ccccc23)cc1. The molecule has 0 spiro atoms. The van der Waals surface area contributed by atoms with E-state index in [0.29, 0.717) is 0 Å². The number of hydrogen-bond acceptors (Lipinski definition) is 2. The van der Waals surface area contributed by atoms with Gasteiger partial charge in [-0.25, -0.2) is 0 Å². The van der Waals surface area contributed by atoms with Crippen molar-refractivity contribution in [3.8, 4) is 55.6 Å². The van der Waals surface area contributed by atoms with E-state index >= 15 is 0 Å². The maximum atomic E-state index is 2.41. The van der Waals surface area contributed by atoms with Gasteiger partial charge in [-0.15, -0.1) is 11.3 Å². The molecule has 0 bridgehead atoms. The average Bonchev–Trinajstić information content (AvgIpc) is 3.79. The molecule has 0 aliphatic carbocycles. The first-order chi connectivity index (χ1) is 33.7. The molecule has 1 nitrogen and oxygen atoms in total. The maximum absolute atomic E-state index is 2.41. The van der Waals surface area contributed by atoms with Crippen LogP contribution in [0.25, 0.3) is 108 Å². The van der Waals surface area contributed by atoms with Gasteiger partial charge in [-0.3, -0.25) is 0 Å². The highest BCUT2D eigenvalue weighted by atomic mass is 32.1. The number of anilines is 3. The molecule has 13 aromatic rings. The van der Waals surface area contributed by atoms with Crippen molar-refractivity contribution in [1.29, 1.82) is 0 Å². The molecule has 68 heavy (non-hydrogen) atoms. The van der Waals surface area contributed by atoms with Gasteiger partial charge in [-0.1, -0.05) is 206 Å². The Balaban J connectivity index is 0.906. The molecule has 0 N–H and O–H groups in total. The summed E-state index contributed by atoms with van der Waals surface area (Å²) < 4.78 is 2.60. The fourth-order valence-corrected chi connectivity index (χ4v) is 11.5. The lowest BCUT2D eigenvalue weighted by Crippen LogP contribution is -2.09. The van der Waals surface area contributed by atoms with Crippen LogP contribution in [0, 0.1) is 0 Å². The van der Waals surface area contributed by atoms with Gasteiger partial charge < -0.3 is 4.90 Å². The number of fused-ring (bicyclic) bond motifs is 7. The molecule has 13 rings (SSSR count). The molecule has 0 atom stereocenters. The molecule has 0 saturated carbocycles. The fraction of sp³-hybridized carbons (Fsp3) is 0. The largest absolute Gasteiger partial charge is 0.310 e. The monoisotopic (exact) mass is 881 g/mol. The van der Waals surface area contributed by atoms with Crippen molar-refractivity contribution in [3.05, 3.63) is 261 Å². The van der Waals surface area contributed by atoms with Crippen molar-refractivity contribution < 1.29 is 0 Å². The minimum absolute atomic E-state index is 1.10. The Hall–Kier alpha value is -8.56. The Bertz CT molecular complexity index is 3980. The van der Waals surface area contributed by atoms with Gasteiger partial charge in [-0.05, 0) is 143 Å². The van der Waals surface area contributed by atoms with Gasteiger partial charge in [0, 0.05) is 37.2 Å². The number of rotatable bonds is 8. The van der Waals surface area contributed by atoms with Crippen molar-refractivity contribution >= 4 is 80.9 Å². The molecular weight excluding hydrogens is 839 g/mol. The second-order valence-electron chi connectivity index (χ2n) is 17.6. The van der Waals surface area contributed by atoms with E-state index in [-0.39, 0.29) is 0 Å². The first-order valence-electron chi connectivity index (χ1n) is 23.3. The molecule has 0 amide bonds. The van der Waals surface area contributed by atoms with Gasteiger partial charge in [0.25, 0.3) is 0 Å². The summed E-state index contributed by atoms with van der Waals surface area (Å²) in [6.07, 6.45) is 0. The van der Waals surface area contributed by atoms with E-state index in [1.807, 2.05) is 11.3 Å². The lowest BCUT2D eigenvalue weighted by Gasteiger charge is -2.26. The molecular formula is C66H43NS. The van der Waals surface area contributed by atoms with E-state index in [1.165, 1.54) is 108 Å². The number of benzene rings is 12. The predicted octanol–water partition coefficient (Wildman–Crippen LogP) is 19.3. The van der Waals surface area contributed by atoms with E-state index < -0.39 is 0 Å². The Morgan fingerprint density at radius 3 is 1.40 bits per heavy atom. The highest BCUT2D eigenvalue weighted by Gasteiger charge is 2.20. The second-order valence-corrected chi connectivity index (χ2v) is 18.7. The van der Waals surface area contributed by atoms with Crippen LogP contribution in [-0.4, -0.2) is 0 Å². The summed E-state index contributed by atoms with van der Waals surface area (Å²) in [5, 5.41) is 10.1. The number of nitrogens with zero attached hydrogens (tertiary/aromatic N) is 1. The summed E-state index contributed by atoms with van der Waals surface area (Å²) in [5.74, 6) is 0. The molecule has 2 heteroatoms. The third kappa shape index (κ3) is 6.93. The Labute approximate surface area is 400 Å². The summed E-state index contributed by atoms with van der Waals surface area (Å²) >= 11 is 1.85. The Morgan fingerprint density at radius 1 is 0.235 bits per heavy atom. The lowest BCUT2D eigenvalue weighted by molar-refractivity contribution is 1.29. The van der Waals surface area contributed by atoms with Crippen molar-refractivity contribution in [2.75, 3.05) is 4.90 Å². The fourth-order valence-electron chi connectivity index (χ4n) is 10.4. The van der Waals surface area contributed by atoms with E-state index in [9.17, 15) is 0 Å². The predicted molar refractivity (Wildman–Crippen MR) is 294 cm³/mol. The molecule has 0 fully saturated rings. The third-order valence-electron chi connectivity index (χ3n) is 13.7. The smallest absolute Gasteiger partial charge is 0.0468 e. The minimum atomic E-state index is 1.10. The summed E-state index contributed by atoms with van der Waals surface area (Å²) in [5.41, 5.74) is 15.5. The van der Waals surface area contributed by atoms with E-state index in [0.717, 1.165) is 17.1 Å². The zero-order valence-electron chi connectivity index (χ0n) is 37.2. The Kier molecular flexibility index (Phi) is 9.77. The minimum Gasteiger partial charge on any atom is -0.310 e. The second kappa shape index (κ2) is 16.7. The van der Waals surface area contributed by atoms with Crippen LogP contribution in [0.3, 0.4) is 0 Å². The average molecular weight is 882 g/mol. The highest BCUT2D eigenvalue weighted by Crippen LogP contribution is 2.46. The van der Waals surface area contributed by atoms with Gasteiger partial charge >= 0.3 is 0 Å². The van der Waals surface area contributed by atoms with Crippen LogP contribution in [0.1, 0.15) is 0 Å². The molecule has 318 valence electrons. The molecule has 0 saturated heterocycles. The summed E-state index contributed by atoms with van der Waals surface area (Å²) in [4.78, 5) is 2.40. The Morgan fingerprint density at radius 2 is 0.706 bits per heavy atom. The van der Waals surface area contributed by atoms with Gasteiger partial charge in [0.1, 0.15) is 0 Å². The van der Waals surface area contributed by atoms with Crippen molar-refractivity contribution in [1.82, 2.24) is 0 Å². The topological polar surface area (TPSA) is 3.24 Å². The van der Waals surface area contributed by atoms with Gasteiger partial charge in [0.05, 0.1) is 0 Å². The van der Waals surface area contributed by atoms with Crippen LogP contribution in [-0.2, 0) is 0 Å². The van der Waals surface area contributed by atoms with Crippen LogP contribution in [0.4, 0.5) is 17.1 Å². The van der Waals surface area contributed by atoms with Crippen LogP contribution in [0.15, 0.2) is 261 Å². The molecule has 12 aromatic carbocycles.